The summed E-state index contributed by atoms with van der Waals surface area (Å²) < 4.78 is 27.1. The molecule has 0 aliphatic carbocycles. The second-order valence-electron chi connectivity index (χ2n) is 6.43. The lowest BCUT2D eigenvalue weighted by atomic mass is 9.82. The van der Waals surface area contributed by atoms with Crippen molar-refractivity contribution in [1.82, 2.24) is 10.2 Å². The molecule has 1 aromatic rings. The number of nitrogens with zero attached hydrogens (tertiary/aromatic N) is 1. The third-order valence-corrected chi connectivity index (χ3v) is 3.38. The summed E-state index contributed by atoms with van der Waals surface area (Å²) in [6.45, 7) is 8.67. The number of hydrogen-bond donors (Lipinski definition) is 1. The Balaban J connectivity index is 2.99. The minimum absolute atomic E-state index is 0.180. The van der Waals surface area contributed by atoms with E-state index in [0.717, 1.165) is 18.2 Å². The van der Waals surface area contributed by atoms with Crippen LogP contribution in [0.1, 0.15) is 32.4 Å². The lowest BCUT2D eigenvalue weighted by Crippen LogP contribution is -2.43. The van der Waals surface area contributed by atoms with Crippen LogP contribution in [0.2, 0.25) is 0 Å². The molecule has 1 rings (SSSR count). The number of amides is 2. The fourth-order valence-corrected chi connectivity index (χ4v) is 2.15. The van der Waals surface area contributed by atoms with Gasteiger partial charge in [0.25, 0.3) is 0 Å². The largest absolute Gasteiger partial charge is 0.347 e. The molecule has 0 fully saturated rings. The number of carbonyl (C=O) groups excluding carboxylic acids is 2. The van der Waals surface area contributed by atoms with Crippen LogP contribution in [-0.4, -0.2) is 30.3 Å². The molecule has 1 atom stereocenters. The molecule has 0 spiro atoms. The summed E-state index contributed by atoms with van der Waals surface area (Å²) >= 11 is 0. The van der Waals surface area contributed by atoms with E-state index >= 15 is 0 Å². The number of halogens is 2. The Labute approximate surface area is 135 Å². The van der Waals surface area contributed by atoms with Gasteiger partial charge < -0.3 is 10.2 Å². The molecule has 0 aliphatic rings. The van der Waals surface area contributed by atoms with Gasteiger partial charge in [-0.15, -0.1) is 0 Å². The van der Waals surface area contributed by atoms with E-state index in [1.165, 1.54) is 18.0 Å². The van der Waals surface area contributed by atoms with E-state index in [9.17, 15) is 18.4 Å². The molecule has 0 aromatic heterocycles. The molecule has 0 saturated heterocycles. The molecule has 6 heteroatoms. The molecule has 23 heavy (non-hydrogen) atoms. The van der Waals surface area contributed by atoms with E-state index < -0.39 is 29.0 Å². The highest BCUT2D eigenvalue weighted by atomic mass is 19.1. The molecular formula is C17H22F2N2O2. The average molecular weight is 324 g/mol. The summed E-state index contributed by atoms with van der Waals surface area (Å²) in [5, 5.41) is 2.71. The van der Waals surface area contributed by atoms with E-state index in [-0.39, 0.29) is 18.0 Å². The van der Waals surface area contributed by atoms with Gasteiger partial charge in [-0.25, -0.2) is 8.78 Å². The molecule has 0 saturated carbocycles. The van der Waals surface area contributed by atoms with Gasteiger partial charge in [0.05, 0.1) is 12.6 Å². The Morgan fingerprint density at radius 3 is 2.43 bits per heavy atom. The van der Waals surface area contributed by atoms with E-state index in [2.05, 4.69) is 11.9 Å². The Hall–Kier alpha value is -2.24. The SMILES string of the molecule is C=CC(=O)N(C)CC(=O)NC(c1ccc(F)cc1F)C(C)(C)C. The number of rotatable bonds is 5. The maximum atomic E-state index is 14.1. The molecule has 1 unspecified atom stereocenters. The van der Waals surface area contributed by atoms with Crippen LogP contribution in [0, 0.1) is 17.0 Å². The normalized spacial score (nSPS) is 12.4. The summed E-state index contributed by atoms with van der Waals surface area (Å²) in [6.07, 6.45) is 1.11. The van der Waals surface area contributed by atoms with E-state index in [1.807, 2.05) is 20.8 Å². The van der Waals surface area contributed by atoms with Gasteiger partial charge in [0.1, 0.15) is 11.6 Å². The molecule has 126 valence electrons. The van der Waals surface area contributed by atoms with E-state index in [0.29, 0.717) is 0 Å². The number of nitrogens with one attached hydrogen (secondary N) is 1. The van der Waals surface area contributed by atoms with Crippen LogP contribution in [0.5, 0.6) is 0 Å². The zero-order chi connectivity index (χ0) is 17.8. The van der Waals surface area contributed by atoms with Gasteiger partial charge in [0, 0.05) is 18.7 Å². The molecule has 1 aromatic carbocycles. The van der Waals surface area contributed by atoms with Crippen molar-refractivity contribution in [1.29, 1.82) is 0 Å². The highest BCUT2D eigenvalue weighted by Crippen LogP contribution is 2.34. The monoisotopic (exact) mass is 324 g/mol. The summed E-state index contributed by atoms with van der Waals surface area (Å²) in [4.78, 5) is 24.8. The predicted octanol–water partition coefficient (Wildman–Crippen LogP) is 2.81. The first kappa shape index (κ1) is 18.8. The Bertz CT molecular complexity index is 609. The van der Waals surface area contributed by atoms with Crippen molar-refractivity contribution in [2.24, 2.45) is 5.41 Å². The molecular weight excluding hydrogens is 302 g/mol. The summed E-state index contributed by atoms with van der Waals surface area (Å²) in [5.74, 6) is -2.23. The molecule has 0 bridgehead atoms. The third kappa shape index (κ3) is 5.16. The van der Waals surface area contributed by atoms with Crippen molar-refractivity contribution in [3.8, 4) is 0 Å². The van der Waals surface area contributed by atoms with Crippen LogP contribution >= 0.6 is 0 Å². The van der Waals surface area contributed by atoms with Crippen LogP contribution < -0.4 is 5.32 Å². The van der Waals surface area contributed by atoms with E-state index in [4.69, 9.17) is 0 Å². The van der Waals surface area contributed by atoms with Crippen LogP contribution in [-0.2, 0) is 9.59 Å². The Morgan fingerprint density at radius 1 is 1.35 bits per heavy atom. The van der Waals surface area contributed by atoms with Crippen molar-refractivity contribution in [2.75, 3.05) is 13.6 Å². The lowest BCUT2D eigenvalue weighted by molar-refractivity contribution is -0.131. The number of carbonyl (C=O) groups is 2. The first-order valence-corrected chi connectivity index (χ1v) is 7.18. The number of likely N-dealkylation sites (N-methyl/N-ethyl adjacent to an activating group) is 1. The smallest absolute Gasteiger partial charge is 0.246 e. The number of benzene rings is 1. The van der Waals surface area contributed by atoms with Crippen molar-refractivity contribution in [3.63, 3.8) is 0 Å². The van der Waals surface area contributed by atoms with Crippen LogP contribution in [0.3, 0.4) is 0 Å². The molecule has 1 N–H and O–H groups in total. The highest BCUT2D eigenvalue weighted by Gasteiger charge is 2.30. The Morgan fingerprint density at radius 2 is 1.96 bits per heavy atom. The number of hydrogen-bond acceptors (Lipinski definition) is 2. The fourth-order valence-electron chi connectivity index (χ4n) is 2.15. The topological polar surface area (TPSA) is 49.4 Å². The molecule has 0 heterocycles. The highest BCUT2D eigenvalue weighted by molar-refractivity contribution is 5.90. The van der Waals surface area contributed by atoms with Gasteiger partial charge in [0.2, 0.25) is 11.8 Å². The quantitative estimate of drug-likeness (QED) is 0.847. The minimum atomic E-state index is -0.722. The van der Waals surface area contributed by atoms with Gasteiger partial charge >= 0.3 is 0 Å². The average Bonchev–Trinajstić information content (AvgIpc) is 2.43. The van der Waals surface area contributed by atoms with Crippen molar-refractivity contribution in [2.45, 2.75) is 26.8 Å². The molecule has 2 amide bonds. The standard InChI is InChI=1S/C17H22F2N2O2/c1-6-15(23)21(5)10-14(22)20-16(17(2,3)4)12-8-7-11(18)9-13(12)19/h6-9,16H,1,10H2,2-5H3,(H,20,22). The zero-order valence-corrected chi connectivity index (χ0v) is 13.8. The molecule has 4 nitrogen and oxygen atoms in total. The second-order valence-corrected chi connectivity index (χ2v) is 6.43. The van der Waals surface area contributed by atoms with Gasteiger partial charge in [-0.1, -0.05) is 33.4 Å². The summed E-state index contributed by atoms with van der Waals surface area (Å²) in [6, 6.07) is 2.59. The first-order valence-electron chi connectivity index (χ1n) is 7.18. The zero-order valence-electron chi connectivity index (χ0n) is 13.8. The van der Waals surface area contributed by atoms with E-state index in [1.54, 1.807) is 0 Å². The first-order chi connectivity index (χ1) is 10.6. The van der Waals surface area contributed by atoms with Gasteiger partial charge in [0.15, 0.2) is 0 Å². The van der Waals surface area contributed by atoms with Crippen LogP contribution in [0.25, 0.3) is 0 Å². The van der Waals surface area contributed by atoms with Crippen molar-refractivity contribution in [3.05, 3.63) is 48.1 Å². The van der Waals surface area contributed by atoms with Crippen LogP contribution in [0.15, 0.2) is 30.9 Å². The van der Waals surface area contributed by atoms with Gasteiger partial charge in [-0.3, -0.25) is 9.59 Å². The maximum Gasteiger partial charge on any atom is 0.246 e. The summed E-state index contributed by atoms with van der Waals surface area (Å²) in [7, 11) is 1.47. The van der Waals surface area contributed by atoms with Gasteiger partial charge in [-0.05, 0) is 17.6 Å². The predicted molar refractivity (Wildman–Crippen MR) is 84.5 cm³/mol. The lowest BCUT2D eigenvalue weighted by Gasteiger charge is -2.32. The van der Waals surface area contributed by atoms with Crippen molar-refractivity contribution >= 4 is 11.8 Å². The van der Waals surface area contributed by atoms with Crippen LogP contribution in [0.4, 0.5) is 8.78 Å². The molecule has 0 aliphatic heterocycles. The minimum Gasteiger partial charge on any atom is -0.347 e. The summed E-state index contributed by atoms with van der Waals surface area (Å²) in [5.41, 5.74) is -0.306. The second kappa shape index (κ2) is 7.35. The van der Waals surface area contributed by atoms with Crippen molar-refractivity contribution < 1.29 is 18.4 Å². The third-order valence-electron chi connectivity index (χ3n) is 3.38. The molecule has 0 radical (unpaired) electrons. The fraction of sp³-hybridized carbons (Fsp3) is 0.412. The maximum absolute atomic E-state index is 14.1. The Kier molecular flexibility index (Phi) is 6.01. The van der Waals surface area contributed by atoms with Gasteiger partial charge in [-0.2, -0.15) is 0 Å².